The Labute approximate surface area is 125 Å². The lowest BCUT2D eigenvalue weighted by Crippen LogP contribution is -2.10. The highest BCUT2D eigenvalue weighted by Crippen LogP contribution is 2.23. The van der Waals surface area contributed by atoms with Crippen LogP contribution in [0.25, 0.3) is 16.9 Å². The van der Waals surface area contributed by atoms with Crippen molar-refractivity contribution in [3.8, 4) is 17.3 Å². The molecule has 0 aliphatic carbocycles. The summed E-state index contributed by atoms with van der Waals surface area (Å²) in [6.45, 7) is 1.85. The second kappa shape index (κ2) is 4.96. The normalized spacial score (nSPS) is 10.6. The van der Waals surface area contributed by atoms with Gasteiger partial charge in [-0.1, -0.05) is 0 Å². The number of carbonyl (C=O) groups is 1. The molecule has 110 valence electrons. The van der Waals surface area contributed by atoms with Gasteiger partial charge in [0.05, 0.1) is 24.7 Å². The van der Waals surface area contributed by atoms with Crippen LogP contribution < -0.4 is 0 Å². The monoisotopic (exact) mass is 296 g/mol. The van der Waals surface area contributed by atoms with Gasteiger partial charge < -0.3 is 4.74 Å². The predicted molar refractivity (Wildman–Crippen MR) is 76.0 cm³/mol. The van der Waals surface area contributed by atoms with Gasteiger partial charge in [0.15, 0.2) is 11.3 Å². The molecule has 3 rings (SSSR count). The smallest absolute Gasteiger partial charge is 0.356 e. The Morgan fingerprint density at radius 3 is 2.82 bits per heavy atom. The number of nitrogens with zero attached hydrogens (tertiary/aromatic N) is 6. The van der Waals surface area contributed by atoms with Crippen molar-refractivity contribution in [1.82, 2.24) is 24.4 Å². The van der Waals surface area contributed by atoms with E-state index in [-0.39, 0.29) is 11.3 Å². The number of fused-ring (bicyclic) bond motifs is 1. The van der Waals surface area contributed by atoms with Crippen LogP contribution in [0.5, 0.6) is 0 Å². The van der Waals surface area contributed by atoms with Crippen LogP contribution >= 0.6 is 0 Å². The molecule has 0 saturated heterocycles. The van der Waals surface area contributed by atoms with Crippen molar-refractivity contribution < 1.29 is 9.53 Å². The molecule has 0 bridgehead atoms. The van der Waals surface area contributed by atoms with Crippen LogP contribution in [0.3, 0.4) is 0 Å². The zero-order valence-corrected chi connectivity index (χ0v) is 12.2. The fraction of sp³-hybridized carbons (Fsp3) is 0.214. The average molecular weight is 296 g/mol. The topological polar surface area (TPSA) is 98.1 Å². The SMILES string of the molecule is COC(=O)c1cc(-c2cn(C)nc2C)nc2c(C#N)cnn12. The number of hydrogen-bond acceptors (Lipinski definition) is 6. The number of nitriles is 1. The van der Waals surface area contributed by atoms with Crippen molar-refractivity contribution in [3.63, 3.8) is 0 Å². The minimum absolute atomic E-state index is 0.201. The molecule has 0 amide bonds. The van der Waals surface area contributed by atoms with Gasteiger partial charge in [0.1, 0.15) is 11.6 Å². The van der Waals surface area contributed by atoms with Gasteiger partial charge in [0.2, 0.25) is 0 Å². The molecule has 0 radical (unpaired) electrons. The number of esters is 1. The summed E-state index contributed by atoms with van der Waals surface area (Å²) in [4.78, 5) is 16.4. The van der Waals surface area contributed by atoms with Crippen molar-refractivity contribution in [2.24, 2.45) is 7.05 Å². The summed E-state index contributed by atoms with van der Waals surface area (Å²) in [6, 6.07) is 3.59. The van der Waals surface area contributed by atoms with Gasteiger partial charge >= 0.3 is 5.97 Å². The number of carbonyl (C=O) groups excluding carboxylic acids is 1. The van der Waals surface area contributed by atoms with Gasteiger partial charge in [-0.25, -0.2) is 14.3 Å². The molecule has 22 heavy (non-hydrogen) atoms. The van der Waals surface area contributed by atoms with Crippen molar-refractivity contribution in [2.75, 3.05) is 7.11 Å². The first-order chi connectivity index (χ1) is 10.5. The van der Waals surface area contributed by atoms with Gasteiger partial charge in [-0.3, -0.25) is 4.68 Å². The number of rotatable bonds is 2. The van der Waals surface area contributed by atoms with Crippen LogP contribution in [-0.2, 0) is 11.8 Å². The number of aryl methyl sites for hydroxylation is 2. The maximum atomic E-state index is 12.0. The molecule has 3 aromatic rings. The number of aromatic nitrogens is 5. The molecule has 0 aromatic carbocycles. The third-order valence-electron chi connectivity index (χ3n) is 3.28. The highest BCUT2D eigenvalue weighted by Gasteiger charge is 2.19. The maximum Gasteiger partial charge on any atom is 0.356 e. The molecule has 0 aliphatic rings. The minimum atomic E-state index is -0.553. The highest BCUT2D eigenvalue weighted by molar-refractivity contribution is 5.90. The molecule has 0 spiro atoms. The fourth-order valence-corrected chi connectivity index (χ4v) is 2.28. The van der Waals surface area contributed by atoms with Crippen LogP contribution in [0.2, 0.25) is 0 Å². The van der Waals surface area contributed by atoms with Crippen molar-refractivity contribution in [1.29, 1.82) is 5.26 Å². The summed E-state index contributed by atoms with van der Waals surface area (Å²) in [6.07, 6.45) is 3.17. The Morgan fingerprint density at radius 1 is 1.45 bits per heavy atom. The van der Waals surface area contributed by atoms with E-state index in [1.54, 1.807) is 24.0 Å². The van der Waals surface area contributed by atoms with E-state index >= 15 is 0 Å². The molecule has 0 unspecified atom stereocenters. The maximum absolute atomic E-state index is 12.0. The molecule has 0 N–H and O–H groups in total. The molecule has 0 atom stereocenters. The van der Waals surface area contributed by atoms with Crippen molar-refractivity contribution >= 4 is 11.6 Å². The van der Waals surface area contributed by atoms with Crippen LogP contribution in [0.4, 0.5) is 0 Å². The zero-order chi connectivity index (χ0) is 15.9. The average Bonchev–Trinajstić information content (AvgIpc) is 3.07. The molecule has 3 aromatic heterocycles. The summed E-state index contributed by atoms with van der Waals surface area (Å²) in [5, 5.41) is 17.5. The van der Waals surface area contributed by atoms with E-state index < -0.39 is 5.97 Å². The molecule has 0 aliphatic heterocycles. The summed E-state index contributed by atoms with van der Waals surface area (Å²) in [5.74, 6) is -0.553. The van der Waals surface area contributed by atoms with Crippen LogP contribution in [0.15, 0.2) is 18.5 Å². The molecule has 8 nitrogen and oxygen atoms in total. The Balaban J connectivity index is 2.34. The van der Waals surface area contributed by atoms with Crippen molar-refractivity contribution in [2.45, 2.75) is 6.92 Å². The summed E-state index contributed by atoms with van der Waals surface area (Å²) in [5.41, 5.74) is 2.88. The Bertz CT molecular complexity index is 931. The molecule has 0 saturated carbocycles. The molecular weight excluding hydrogens is 284 g/mol. The number of ether oxygens (including phenoxy) is 1. The summed E-state index contributed by atoms with van der Waals surface area (Å²) < 4.78 is 7.75. The molecule has 0 fully saturated rings. The lowest BCUT2D eigenvalue weighted by atomic mass is 10.1. The minimum Gasteiger partial charge on any atom is -0.464 e. The lowest BCUT2D eigenvalue weighted by molar-refractivity contribution is 0.0590. The van der Waals surface area contributed by atoms with Crippen LogP contribution in [0, 0.1) is 18.3 Å². The van der Waals surface area contributed by atoms with E-state index in [2.05, 4.69) is 15.2 Å². The largest absolute Gasteiger partial charge is 0.464 e. The fourth-order valence-electron chi connectivity index (χ4n) is 2.28. The van der Waals surface area contributed by atoms with E-state index in [0.717, 1.165) is 11.3 Å². The van der Waals surface area contributed by atoms with E-state index in [1.165, 1.54) is 17.8 Å². The Morgan fingerprint density at radius 2 is 2.23 bits per heavy atom. The predicted octanol–water partition coefficient (Wildman–Crippen LogP) is 1.10. The van der Waals surface area contributed by atoms with Crippen LogP contribution in [-0.4, -0.2) is 37.5 Å². The van der Waals surface area contributed by atoms with E-state index in [4.69, 9.17) is 10.00 Å². The summed E-state index contributed by atoms with van der Waals surface area (Å²) in [7, 11) is 3.09. The number of methoxy groups -OCH3 is 1. The van der Waals surface area contributed by atoms with Gasteiger partial charge in [-0.2, -0.15) is 15.5 Å². The first-order valence-electron chi connectivity index (χ1n) is 6.43. The summed E-state index contributed by atoms with van der Waals surface area (Å²) >= 11 is 0. The van der Waals surface area contributed by atoms with Crippen LogP contribution in [0.1, 0.15) is 21.7 Å². The first kappa shape index (κ1) is 13.8. The van der Waals surface area contributed by atoms with Gasteiger partial charge in [0.25, 0.3) is 0 Å². The second-order valence-corrected chi connectivity index (χ2v) is 4.73. The standard InChI is InChI=1S/C14H12N6O2/c1-8-10(7-19(2)18-8)11-4-12(14(21)22-3)20-13(17-11)9(5-15)6-16-20/h4,6-7H,1-3H3. The Kier molecular flexibility index (Phi) is 3.10. The lowest BCUT2D eigenvalue weighted by Gasteiger charge is -2.06. The van der Waals surface area contributed by atoms with Gasteiger partial charge in [-0.15, -0.1) is 0 Å². The van der Waals surface area contributed by atoms with E-state index in [9.17, 15) is 4.79 Å². The van der Waals surface area contributed by atoms with E-state index in [0.29, 0.717) is 11.3 Å². The third kappa shape index (κ3) is 2.00. The van der Waals surface area contributed by atoms with E-state index in [1.807, 2.05) is 13.0 Å². The Hall–Kier alpha value is -3.21. The van der Waals surface area contributed by atoms with Crippen molar-refractivity contribution in [3.05, 3.63) is 35.4 Å². The second-order valence-electron chi connectivity index (χ2n) is 4.73. The van der Waals surface area contributed by atoms with Gasteiger partial charge in [-0.05, 0) is 13.0 Å². The van der Waals surface area contributed by atoms with Gasteiger partial charge in [0, 0.05) is 18.8 Å². The molecular formula is C14H12N6O2. The molecule has 3 heterocycles. The zero-order valence-electron chi connectivity index (χ0n) is 12.2. The third-order valence-corrected chi connectivity index (χ3v) is 3.28. The highest BCUT2D eigenvalue weighted by atomic mass is 16.5. The first-order valence-corrected chi connectivity index (χ1v) is 6.43. The quantitative estimate of drug-likeness (QED) is 0.657. The molecule has 8 heteroatoms. The number of hydrogen-bond donors (Lipinski definition) is 0.